The van der Waals surface area contributed by atoms with Crippen LogP contribution in [0.5, 0.6) is 0 Å². The van der Waals surface area contributed by atoms with Crippen molar-refractivity contribution >= 4 is 35.0 Å². The van der Waals surface area contributed by atoms with E-state index in [1.54, 1.807) is 18.2 Å². The summed E-state index contributed by atoms with van der Waals surface area (Å²) in [6, 6.07) is 13.5. The molecular weight excluding hydrogens is 394 g/mol. The molecule has 1 aliphatic heterocycles. The molecule has 1 N–H and O–H groups in total. The van der Waals surface area contributed by atoms with Crippen LogP contribution in [0.15, 0.2) is 42.0 Å². The summed E-state index contributed by atoms with van der Waals surface area (Å²) in [7, 11) is 0. The fourth-order valence-corrected chi connectivity index (χ4v) is 4.60. The van der Waals surface area contributed by atoms with E-state index in [0.717, 1.165) is 24.1 Å². The highest BCUT2D eigenvalue weighted by Crippen LogP contribution is 2.43. The number of amides is 1. The van der Waals surface area contributed by atoms with Gasteiger partial charge < -0.3 is 10.2 Å². The molecule has 0 spiro atoms. The maximum atomic E-state index is 12.7. The second-order valence-corrected chi connectivity index (χ2v) is 9.00. The van der Waals surface area contributed by atoms with E-state index in [-0.39, 0.29) is 11.1 Å². The van der Waals surface area contributed by atoms with Crippen LogP contribution in [0.2, 0.25) is 5.02 Å². The molecule has 0 aromatic heterocycles. The minimum Gasteiger partial charge on any atom is -0.366 e. The molecule has 4 nitrogen and oxygen atoms in total. The summed E-state index contributed by atoms with van der Waals surface area (Å²) < 4.78 is 0. The van der Waals surface area contributed by atoms with Crippen LogP contribution in [-0.2, 0) is 4.79 Å². The van der Waals surface area contributed by atoms with Gasteiger partial charge in [0.05, 0.1) is 0 Å². The number of carbonyl (C=O) groups is 1. The Morgan fingerprint density at radius 1 is 1.33 bits per heavy atom. The first-order valence-corrected chi connectivity index (χ1v) is 10.6. The third kappa shape index (κ3) is 4.37. The monoisotopic (exact) mass is 421 g/mol. The highest BCUT2D eigenvalue weighted by Gasteiger charge is 2.35. The first kappa shape index (κ1) is 21.9. The zero-order chi connectivity index (χ0) is 22.1. The lowest BCUT2D eigenvalue weighted by atomic mass is 9.79. The average Bonchev–Trinajstić information content (AvgIpc) is 2.68. The molecule has 0 aliphatic carbocycles. The van der Waals surface area contributed by atoms with Gasteiger partial charge in [-0.25, -0.2) is 0 Å². The number of benzene rings is 2. The Labute approximate surface area is 184 Å². The summed E-state index contributed by atoms with van der Waals surface area (Å²) >= 11 is 6.03. The van der Waals surface area contributed by atoms with Gasteiger partial charge >= 0.3 is 0 Å². The number of hydrogen-bond donors (Lipinski definition) is 1. The molecule has 1 unspecified atom stereocenters. The molecule has 0 saturated carbocycles. The topological polar surface area (TPSA) is 56.1 Å². The lowest BCUT2D eigenvalue weighted by Gasteiger charge is -2.47. The first-order chi connectivity index (χ1) is 14.2. The third-order valence-corrected chi connectivity index (χ3v) is 6.08. The molecule has 1 heterocycles. The SMILES string of the molecule is CCN1c2ccc(/C=C(\C#N)C(=O)Nc3cc(Cl)ccc3C)cc2C(C)CC1(C)C. The largest absolute Gasteiger partial charge is 0.366 e. The van der Waals surface area contributed by atoms with Crippen molar-refractivity contribution in [3.8, 4) is 6.07 Å². The van der Waals surface area contributed by atoms with Crippen molar-refractivity contribution in [2.24, 2.45) is 0 Å². The van der Waals surface area contributed by atoms with E-state index in [2.05, 4.69) is 50.0 Å². The molecule has 2 aromatic rings. The molecule has 5 heteroatoms. The van der Waals surface area contributed by atoms with E-state index in [9.17, 15) is 10.1 Å². The van der Waals surface area contributed by atoms with Gasteiger partial charge in [-0.3, -0.25) is 4.79 Å². The number of hydrogen-bond acceptors (Lipinski definition) is 3. The van der Waals surface area contributed by atoms with Gasteiger partial charge in [-0.05, 0) is 87.1 Å². The normalized spacial score (nSPS) is 17.8. The molecule has 156 valence electrons. The molecule has 0 radical (unpaired) electrons. The Bertz CT molecular complexity index is 1050. The zero-order valence-corrected chi connectivity index (χ0v) is 19.0. The van der Waals surface area contributed by atoms with Crippen LogP contribution in [0.3, 0.4) is 0 Å². The van der Waals surface area contributed by atoms with Crippen molar-refractivity contribution in [1.29, 1.82) is 5.26 Å². The standard InChI is InChI=1S/C25H28ClN3O/c1-6-29-23-10-8-18(12-21(23)17(3)14-25(29,4)5)11-19(15-27)24(30)28-22-13-20(26)9-7-16(22)2/h7-13,17H,6,14H2,1-5H3,(H,28,30)/b19-11+. The molecule has 30 heavy (non-hydrogen) atoms. The maximum Gasteiger partial charge on any atom is 0.266 e. The lowest BCUT2D eigenvalue weighted by molar-refractivity contribution is -0.112. The van der Waals surface area contributed by atoms with Crippen molar-refractivity contribution in [2.45, 2.75) is 52.5 Å². The number of halogens is 1. The van der Waals surface area contributed by atoms with Crippen molar-refractivity contribution in [2.75, 3.05) is 16.8 Å². The molecule has 3 rings (SSSR count). The highest BCUT2D eigenvalue weighted by atomic mass is 35.5. The van der Waals surface area contributed by atoms with Crippen LogP contribution < -0.4 is 10.2 Å². The van der Waals surface area contributed by atoms with Crippen molar-refractivity contribution < 1.29 is 4.79 Å². The van der Waals surface area contributed by atoms with Crippen LogP contribution in [-0.4, -0.2) is 18.0 Å². The summed E-state index contributed by atoms with van der Waals surface area (Å²) in [5, 5.41) is 12.9. The minimum absolute atomic E-state index is 0.0606. The molecule has 2 aromatic carbocycles. The molecular formula is C25H28ClN3O. The van der Waals surface area contributed by atoms with Crippen molar-refractivity contribution in [3.63, 3.8) is 0 Å². The van der Waals surface area contributed by atoms with E-state index in [0.29, 0.717) is 16.6 Å². The quantitative estimate of drug-likeness (QED) is 0.465. The first-order valence-electron chi connectivity index (χ1n) is 10.3. The average molecular weight is 422 g/mol. The maximum absolute atomic E-state index is 12.7. The van der Waals surface area contributed by atoms with Gasteiger partial charge in [0.1, 0.15) is 11.6 Å². The zero-order valence-electron chi connectivity index (χ0n) is 18.2. The van der Waals surface area contributed by atoms with Crippen LogP contribution >= 0.6 is 11.6 Å². The van der Waals surface area contributed by atoms with Crippen LogP contribution in [0, 0.1) is 18.3 Å². The van der Waals surface area contributed by atoms with Gasteiger partial charge in [-0.1, -0.05) is 30.7 Å². The Hall–Kier alpha value is -2.77. The Kier molecular flexibility index (Phi) is 6.24. The predicted molar refractivity (Wildman–Crippen MR) is 125 cm³/mol. The fraction of sp³-hybridized carbons (Fsp3) is 0.360. The van der Waals surface area contributed by atoms with Gasteiger partial charge in [0, 0.05) is 28.5 Å². The van der Waals surface area contributed by atoms with E-state index in [4.69, 9.17) is 11.6 Å². The third-order valence-electron chi connectivity index (χ3n) is 5.85. The molecule has 1 atom stereocenters. The Morgan fingerprint density at radius 3 is 2.73 bits per heavy atom. The Balaban J connectivity index is 1.92. The van der Waals surface area contributed by atoms with Crippen LogP contribution in [0.4, 0.5) is 11.4 Å². The summed E-state index contributed by atoms with van der Waals surface area (Å²) in [5.41, 5.74) is 4.99. The second-order valence-electron chi connectivity index (χ2n) is 8.56. The Morgan fingerprint density at radius 2 is 2.07 bits per heavy atom. The molecule has 0 fully saturated rings. The summed E-state index contributed by atoms with van der Waals surface area (Å²) in [6.45, 7) is 11.8. The number of fused-ring (bicyclic) bond motifs is 1. The predicted octanol–water partition coefficient (Wildman–Crippen LogP) is 6.31. The number of nitrogens with zero attached hydrogens (tertiary/aromatic N) is 2. The van der Waals surface area contributed by atoms with Crippen LogP contribution in [0.1, 0.15) is 56.7 Å². The van der Waals surface area contributed by atoms with E-state index in [1.165, 1.54) is 11.3 Å². The van der Waals surface area contributed by atoms with Gasteiger partial charge in [0.15, 0.2) is 0 Å². The van der Waals surface area contributed by atoms with Gasteiger partial charge in [0.25, 0.3) is 5.91 Å². The van der Waals surface area contributed by atoms with Crippen molar-refractivity contribution in [1.82, 2.24) is 0 Å². The van der Waals surface area contributed by atoms with Gasteiger partial charge in [-0.15, -0.1) is 0 Å². The summed E-state index contributed by atoms with van der Waals surface area (Å²) in [4.78, 5) is 15.1. The second kappa shape index (κ2) is 8.53. The highest BCUT2D eigenvalue weighted by molar-refractivity contribution is 6.31. The summed E-state index contributed by atoms with van der Waals surface area (Å²) in [5.74, 6) is -0.0374. The molecule has 1 amide bonds. The number of rotatable bonds is 4. The number of nitrogens with one attached hydrogen (secondary N) is 1. The number of nitriles is 1. The molecule has 0 bridgehead atoms. The molecule has 1 aliphatic rings. The van der Waals surface area contributed by atoms with Crippen LogP contribution in [0.25, 0.3) is 6.08 Å². The number of aryl methyl sites for hydroxylation is 1. The minimum atomic E-state index is -0.440. The van der Waals surface area contributed by atoms with Crippen molar-refractivity contribution in [3.05, 3.63) is 63.7 Å². The lowest BCUT2D eigenvalue weighted by Crippen LogP contribution is -2.48. The van der Waals surface area contributed by atoms with E-state index in [1.807, 2.05) is 25.1 Å². The number of carbonyl (C=O) groups excluding carboxylic acids is 1. The smallest absolute Gasteiger partial charge is 0.266 e. The fourth-order valence-electron chi connectivity index (χ4n) is 4.43. The van der Waals surface area contributed by atoms with E-state index >= 15 is 0 Å². The van der Waals surface area contributed by atoms with Gasteiger partial charge in [0.2, 0.25) is 0 Å². The van der Waals surface area contributed by atoms with Gasteiger partial charge in [-0.2, -0.15) is 5.26 Å². The van der Waals surface area contributed by atoms with E-state index < -0.39 is 5.91 Å². The summed E-state index contributed by atoms with van der Waals surface area (Å²) in [6.07, 6.45) is 2.71. The molecule has 0 saturated heterocycles. The number of anilines is 2.